The highest BCUT2D eigenvalue weighted by Gasteiger charge is 2.20. The number of nitrogen functional groups attached to an aromatic ring is 6. The minimum atomic E-state index is 0. The van der Waals surface area contributed by atoms with Crippen molar-refractivity contribution in [2.45, 2.75) is 0 Å². The lowest BCUT2D eigenvalue weighted by Gasteiger charge is -2.19. The molecule has 0 atom stereocenters. The van der Waals surface area contributed by atoms with Crippen LogP contribution in [0.3, 0.4) is 0 Å². The fraction of sp³-hybridized carbons (Fsp3) is 0. The van der Waals surface area contributed by atoms with E-state index in [-0.39, 0.29) is 23.8 Å². The number of benzene rings is 4. The second-order valence-corrected chi connectivity index (χ2v) is 5.94. The van der Waals surface area contributed by atoms with Gasteiger partial charge in [0.15, 0.2) is 0 Å². The molecule has 0 aromatic heterocycles. The van der Waals surface area contributed by atoms with E-state index in [4.69, 9.17) is 34.4 Å². The lowest BCUT2D eigenvalue weighted by Crippen LogP contribution is -2.06. The normalized spacial score (nSPS) is 11.0. The molecule has 7 heteroatoms. The first-order valence-electron chi connectivity index (χ1n) is 7.47. The molecule has 0 heterocycles. The summed E-state index contributed by atoms with van der Waals surface area (Å²) in [7, 11) is 0. The van der Waals surface area contributed by atoms with E-state index in [1.165, 1.54) is 0 Å². The Kier molecular flexibility index (Phi) is 3.58. The van der Waals surface area contributed by atoms with Crippen LogP contribution in [0.1, 0.15) is 0 Å². The number of rotatable bonds is 0. The minimum absolute atomic E-state index is 0. The van der Waals surface area contributed by atoms with E-state index in [1.54, 1.807) is 6.07 Å². The second kappa shape index (κ2) is 5.39. The third kappa shape index (κ3) is 1.98. The average Bonchev–Trinajstić information content (AvgIpc) is 2.59. The first-order chi connectivity index (χ1) is 11.4. The molecule has 0 fully saturated rings. The summed E-state index contributed by atoms with van der Waals surface area (Å²) in [6, 6.07) is 11.6. The van der Waals surface area contributed by atoms with Crippen molar-refractivity contribution in [2.24, 2.45) is 0 Å². The molecular formula is C18H19ClN6. The lowest BCUT2D eigenvalue weighted by molar-refractivity contribution is 1.69. The van der Waals surface area contributed by atoms with Crippen LogP contribution in [0, 0.1) is 0 Å². The molecule has 0 saturated carbocycles. The summed E-state index contributed by atoms with van der Waals surface area (Å²) < 4.78 is 0. The molecule has 0 unspecified atom stereocenters. The molecule has 25 heavy (non-hydrogen) atoms. The highest BCUT2D eigenvalue weighted by molar-refractivity contribution is 6.36. The molecule has 4 aromatic carbocycles. The van der Waals surface area contributed by atoms with Crippen LogP contribution in [-0.4, -0.2) is 0 Å². The quantitative estimate of drug-likeness (QED) is 0.210. The maximum atomic E-state index is 6.31. The van der Waals surface area contributed by atoms with Gasteiger partial charge in [0.25, 0.3) is 0 Å². The van der Waals surface area contributed by atoms with Crippen molar-refractivity contribution in [2.75, 3.05) is 34.4 Å². The molecule has 6 nitrogen and oxygen atoms in total. The zero-order valence-corrected chi connectivity index (χ0v) is 14.2. The number of anilines is 6. The predicted octanol–water partition coefficient (Wildman–Crippen LogP) is 3.06. The van der Waals surface area contributed by atoms with E-state index in [0.29, 0.717) is 28.1 Å². The Morgan fingerprint density at radius 3 is 1.56 bits per heavy atom. The Balaban J connectivity index is 0.00000182. The summed E-state index contributed by atoms with van der Waals surface area (Å²) in [5, 5.41) is 5.08. The number of nitrogens with two attached hydrogens (primary N) is 6. The van der Waals surface area contributed by atoms with Crippen LogP contribution in [-0.2, 0) is 0 Å². The van der Waals surface area contributed by atoms with E-state index in [0.717, 1.165) is 26.9 Å². The van der Waals surface area contributed by atoms with E-state index in [1.807, 2.05) is 30.3 Å². The summed E-state index contributed by atoms with van der Waals surface area (Å²) in [5.41, 5.74) is 39.3. The third-order valence-corrected chi connectivity index (χ3v) is 4.67. The van der Waals surface area contributed by atoms with E-state index in [9.17, 15) is 0 Å². The molecule has 0 saturated heterocycles. The summed E-state index contributed by atoms with van der Waals surface area (Å²) in [5.74, 6) is 0. The molecule has 4 rings (SSSR count). The highest BCUT2D eigenvalue weighted by Crippen LogP contribution is 2.48. The highest BCUT2D eigenvalue weighted by atomic mass is 35.5. The van der Waals surface area contributed by atoms with Crippen LogP contribution in [0.5, 0.6) is 0 Å². The second-order valence-electron chi connectivity index (χ2n) is 5.94. The molecule has 128 valence electrons. The number of hydrogen-bond donors (Lipinski definition) is 6. The maximum absolute atomic E-state index is 6.31. The van der Waals surface area contributed by atoms with Gasteiger partial charge in [-0.2, -0.15) is 0 Å². The zero-order valence-electron chi connectivity index (χ0n) is 13.3. The minimum Gasteiger partial charge on any atom is -0.397 e. The van der Waals surface area contributed by atoms with Gasteiger partial charge in [-0.25, -0.2) is 0 Å². The van der Waals surface area contributed by atoms with Crippen LogP contribution < -0.4 is 34.4 Å². The molecule has 0 aliphatic heterocycles. The molecule has 0 aliphatic rings. The van der Waals surface area contributed by atoms with Crippen LogP contribution in [0.15, 0.2) is 36.4 Å². The molecule has 0 radical (unpaired) electrons. The predicted molar refractivity (Wildman–Crippen MR) is 113 cm³/mol. The number of fused-ring (bicyclic) bond motifs is 6. The van der Waals surface area contributed by atoms with Crippen molar-refractivity contribution >= 4 is 78.8 Å². The van der Waals surface area contributed by atoms with Gasteiger partial charge in [-0.3, -0.25) is 0 Å². The van der Waals surface area contributed by atoms with E-state index < -0.39 is 0 Å². The van der Waals surface area contributed by atoms with Gasteiger partial charge in [0.1, 0.15) is 0 Å². The Hall–Kier alpha value is -3.25. The molecule has 0 amide bonds. The van der Waals surface area contributed by atoms with Crippen molar-refractivity contribution in [3.05, 3.63) is 36.4 Å². The molecule has 4 aromatic rings. The monoisotopic (exact) mass is 354 g/mol. The fourth-order valence-electron chi connectivity index (χ4n) is 3.43. The van der Waals surface area contributed by atoms with Gasteiger partial charge >= 0.3 is 0 Å². The van der Waals surface area contributed by atoms with Gasteiger partial charge in [0, 0.05) is 16.2 Å². The van der Waals surface area contributed by atoms with Crippen LogP contribution in [0.4, 0.5) is 34.1 Å². The van der Waals surface area contributed by atoms with E-state index in [2.05, 4.69) is 0 Å². The molecule has 0 aliphatic carbocycles. The van der Waals surface area contributed by atoms with Crippen molar-refractivity contribution in [1.82, 2.24) is 0 Å². The van der Waals surface area contributed by atoms with Crippen molar-refractivity contribution < 1.29 is 0 Å². The summed E-state index contributed by atoms with van der Waals surface area (Å²) in [4.78, 5) is 0. The van der Waals surface area contributed by atoms with Crippen molar-refractivity contribution in [1.29, 1.82) is 0 Å². The molecule has 0 bridgehead atoms. The Morgan fingerprint density at radius 1 is 0.440 bits per heavy atom. The summed E-state index contributed by atoms with van der Waals surface area (Å²) in [6.07, 6.45) is 0. The number of halogens is 1. The van der Waals surface area contributed by atoms with E-state index >= 15 is 0 Å². The zero-order chi connectivity index (χ0) is 17.2. The Morgan fingerprint density at radius 2 is 0.920 bits per heavy atom. The van der Waals surface area contributed by atoms with Gasteiger partial charge in [-0.05, 0) is 22.2 Å². The smallest absolute Gasteiger partial charge is 0.0809 e. The molecule has 12 N–H and O–H groups in total. The lowest BCUT2D eigenvalue weighted by atomic mass is 9.90. The first kappa shape index (κ1) is 16.6. The van der Waals surface area contributed by atoms with Gasteiger partial charge < -0.3 is 34.4 Å². The topological polar surface area (TPSA) is 156 Å². The van der Waals surface area contributed by atoms with Crippen molar-refractivity contribution in [3.8, 4) is 0 Å². The standard InChI is InChI=1S/C18H18N6.ClH/c19-10-6-5-9-7-3-1-2-4-8(7)12-13(11(9)14(10)20)16(22)18(24)17(23)15(12)21;/h1-6H,19-24H2;1H. The van der Waals surface area contributed by atoms with Crippen LogP contribution in [0.25, 0.3) is 32.3 Å². The summed E-state index contributed by atoms with van der Waals surface area (Å²) in [6.45, 7) is 0. The van der Waals surface area contributed by atoms with Gasteiger partial charge in [-0.15, -0.1) is 12.4 Å². The number of hydrogen-bond acceptors (Lipinski definition) is 6. The fourth-order valence-corrected chi connectivity index (χ4v) is 3.43. The Bertz CT molecular complexity index is 1150. The van der Waals surface area contributed by atoms with Gasteiger partial charge in [0.2, 0.25) is 0 Å². The SMILES string of the molecule is Cl.Nc1ccc2c3ccccc3c3c(N)c(N)c(N)c(N)c3c2c1N. The van der Waals surface area contributed by atoms with Crippen molar-refractivity contribution in [3.63, 3.8) is 0 Å². The average molecular weight is 355 g/mol. The third-order valence-electron chi connectivity index (χ3n) is 4.67. The van der Waals surface area contributed by atoms with Gasteiger partial charge in [0.05, 0.1) is 34.1 Å². The first-order valence-corrected chi connectivity index (χ1v) is 7.47. The molecular weight excluding hydrogens is 336 g/mol. The maximum Gasteiger partial charge on any atom is 0.0809 e. The van der Waals surface area contributed by atoms with Crippen LogP contribution in [0.2, 0.25) is 0 Å². The largest absolute Gasteiger partial charge is 0.397 e. The van der Waals surface area contributed by atoms with Gasteiger partial charge in [-0.1, -0.05) is 30.3 Å². The van der Waals surface area contributed by atoms with Crippen LogP contribution >= 0.6 is 12.4 Å². The summed E-state index contributed by atoms with van der Waals surface area (Å²) >= 11 is 0. The molecule has 0 spiro atoms. The Labute approximate surface area is 150 Å².